The molecule has 1 unspecified atom stereocenters. The lowest BCUT2D eigenvalue weighted by Crippen LogP contribution is -2.30. The highest BCUT2D eigenvalue weighted by Crippen LogP contribution is 2.26. The Morgan fingerprint density at radius 1 is 1.11 bits per heavy atom. The zero-order valence-corrected chi connectivity index (χ0v) is 16.2. The first kappa shape index (κ1) is 19.4. The Labute approximate surface area is 169 Å². The van der Waals surface area contributed by atoms with Crippen molar-refractivity contribution in [2.24, 2.45) is 0 Å². The third kappa shape index (κ3) is 5.07. The molecule has 1 aromatic heterocycles. The van der Waals surface area contributed by atoms with E-state index in [-0.39, 0.29) is 12.1 Å². The summed E-state index contributed by atoms with van der Waals surface area (Å²) in [4.78, 5) is 28.1. The van der Waals surface area contributed by atoms with E-state index in [0.29, 0.717) is 20.6 Å². The molecule has 8 heteroatoms. The lowest BCUT2D eigenvalue weighted by Gasteiger charge is -2.17. The highest BCUT2D eigenvalue weighted by Gasteiger charge is 2.21. The van der Waals surface area contributed by atoms with Gasteiger partial charge in [-0.25, -0.2) is 4.98 Å². The van der Waals surface area contributed by atoms with Gasteiger partial charge < -0.3 is 10.4 Å². The Morgan fingerprint density at radius 3 is 2.52 bits per heavy atom. The van der Waals surface area contributed by atoms with Gasteiger partial charge in [-0.3, -0.25) is 9.59 Å². The second kappa shape index (κ2) is 8.52. The largest absolute Gasteiger partial charge is 0.481 e. The van der Waals surface area contributed by atoms with E-state index >= 15 is 0 Å². The van der Waals surface area contributed by atoms with Crippen LogP contribution in [0.4, 0.5) is 0 Å². The molecule has 2 N–H and O–H groups in total. The summed E-state index contributed by atoms with van der Waals surface area (Å²) in [6, 6.07) is 13.2. The summed E-state index contributed by atoms with van der Waals surface area (Å²) in [5, 5.41) is 15.3. The molecular formula is C19H14Cl2N2O3S. The van der Waals surface area contributed by atoms with Crippen molar-refractivity contribution in [3.63, 3.8) is 0 Å². The van der Waals surface area contributed by atoms with Crippen LogP contribution in [0.3, 0.4) is 0 Å². The van der Waals surface area contributed by atoms with Crippen LogP contribution in [-0.2, 0) is 4.79 Å². The molecule has 138 valence electrons. The van der Waals surface area contributed by atoms with Crippen LogP contribution in [0.15, 0.2) is 53.9 Å². The van der Waals surface area contributed by atoms with E-state index in [9.17, 15) is 9.59 Å². The first-order chi connectivity index (χ1) is 12.9. The van der Waals surface area contributed by atoms with E-state index in [1.165, 1.54) is 11.3 Å². The first-order valence-corrected chi connectivity index (χ1v) is 9.55. The number of carbonyl (C=O) groups excluding carboxylic acids is 1. The van der Waals surface area contributed by atoms with E-state index in [0.717, 1.165) is 5.56 Å². The average Bonchev–Trinajstić information content (AvgIpc) is 3.11. The predicted molar refractivity (Wildman–Crippen MR) is 106 cm³/mol. The number of rotatable bonds is 6. The van der Waals surface area contributed by atoms with Gasteiger partial charge in [-0.2, -0.15) is 0 Å². The van der Waals surface area contributed by atoms with Crippen LogP contribution in [0, 0.1) is 0 Å². The van der Waals surface area contributed by atoms with E-state index < -0.39 is 17.9 Å². The Morgan fingerprint density at radius 2 is 1.85 bits per heavy atom. The van der Waals surface area contributed by atoms with Crippen LogP contribution in [0.2, 0.25) is 10.0 Å². The summed E-state index contributed by atoms with van der Waals surface area (Å²) in [7, 11) is 0. The van der Waals surface area contributed by atoms with Crippen LogP contribution in [0.1, 0.15) is 28.5 Å². The molecule has 0 radical (unpaired) electrons. The lowest BCUT2D eigenvalue weighted by atomic mass is 10.0. The summed E-state index contributed by atoms with van der Waals surface area (Å²) >= 11 is 13.2. The summed E-state index contributed by atoms with van der Waals surface area (Å²) in [5.74, 6) is -1.47. The summed E-state index contributed by atoms with van der Waals surface area (Å²) in [6.07, 6.45) is -0.264. The van der Waals surface area contributed by atoms with Crippen LogP contribution in [0.5, 0.6) is 0 Å². The van der Waals surface area contributed by atoms with Crippen molar-refractivity contribution in [1.82, 2.24) is 10.3 Å². The van der Waals surface area contributed by atoms with Crippen molar-refractivity contribution >= 4 is 46.4 Å². The Bertz CT molecular complexity index is 973. The minimum absolute atomic E-state index is 0.224. The number of nitrogens with one attached hydrogen (secondary N) is 1. The number of aromatic nitrogens is 1. The Hall–Kier alpha value is -2.41. The predicted octanol–water partition coefficient (Wildman–Crippen LogP) is 5.06. The molecular weight excluding hydrogens is 407 g/mol. The summed E-state index contributed by atoms with van der Waals surface area (Å²) in [6.45, 7) is 0. The van der Waals surface area contributed by atoms with Crippen molar-refractivity contribution in [3.8, 4) is 10.6 Å². The molecule has 27 heavy (non-hydrogen) atoms. The van der Waals surface area contributed by atoms with Crippen LogP contribution < -0.4 is 5.32 Å². The maximum atomic E-state index is 12.6. The highest BCUT2D eigenvalue weighted by molar-refractivity contribution is 7.13. The van der Waals surface area contributed by atoms with Crippen molar-refractivity contribution < 1.29 is 14.7 Å². The lowest BCUT2D eigenvalue weighted by molar-refractivity contribution is -0.137. The average molecular weight is 421 g/mol. The van der Waals surface area contributed by atoms with Crippen LogP contribution in [0.25, 0.3) is 10.6 Å². The molecule has 3 aromatic rings. The normalized spacial score (nSPS) is 11.8. The molecule has 0 aliphatic rings. The number of hydrogen-bond donors (Lipinski definition) is 2. The summed E-state index contributed by atoms with van der Waals surface area (Å²) < 4.78 is 0. The zero-order valence-electron chi connectivity index (χ0n) is 13.9. The zero-order chi connectivity index (χ0) is 19.4. The Balaban J connectivity index is 1.79. The fourth-order valence-electron chi connectivity index (χ4n) is 2.49. The molecule has 0 bridgehead atoms. The Kier molecular flexibility index (Phi) is 6.11. The van der Waals surface area contributed by atoms with E-state index in [2.05, 4.69) is 10.3 Å². The molecule has 0 spiro atoms. The number of carbonyl (C=O) groups is 2. The fraction of sp³-hybridized carbons (Fsp3) is 0.105. The molecule has 0 aliphatic heterocycles. The van der Waals surface area contributed by atoms with Crippen molar-refractivity contribution in [3.05, 3.63) is 75.2 Å². The number of halogens is 2. The number of amides is 1. The minimum atomic E-state index is -1.03. The maximum Gasteiger partial charge on any atom is 0.305 e. The van der Waals surface area contributed by atoms with Gasteiger partial charge in [0.15, 0.2) is 0 Å². The molecule has 0 aliphatic carbocycles. The van der Waals surface area contributed by atoms with Crippen LogP contribution >= 0.6 is 34.5 Å². The van der Waals surface area contributed by atoms with Gasteiger partial charge in [0, 0.05) is 21.0 Å². The van der Waals surface area contributed by atoms with Gasteiger partial charge in [0.1, 0.15) is 10.7 Å². The second-order valence-corrected chi connectivity index (χ2v) is 7.45. The number of benzene rings is 2. The molecule has 2 aromatic carbocycles. The second-order valence-electron chi connectivity index (χ2n) is 5.72. The van der Waals surface area contributed by atoms with Crippen molar-refractivity contribution in [1.29, 1.82) is 0 Å². The van der Waals surface area contributed by atoms with Gasteiger partial charge in [-0.05, 0) is 29.8 Å². The smallest absolute Gasteiger partial charge is 0.305 e. The molecule has 1 heterocycles. The number of carboxylic acid groups (broad SMARTS) is 1. The van der Waals surface area contributed by atoms with Gasteiger partial charge in [-0.1, -0.05) is 47.5 Å². The molecule has 0 saturated carbocycles. The number of nitrogens with zero attached hydrogens (tertiary/aromatic N) is 1. The molecule has 3 rings (SSSR count). The molecule has 1 atom stereocenters. The van der Waals surface area contributed by atoms with Crippen LogP contribution in [-0.4, -0.2) is 22.0 Å². The topological polar surface area (TPSA) is 79.3 Å². The number of carboxylic acids is 1. The number of thiazole rings is 1. The van der Waals surface area contributed by atoms with E-state index in [4.69, 9.17) is 28.3 Å². The van der Waals surface area contributed by atoms with Gasteiger partial charge >= 0.3 is 5.97 Å². The first-order valence-electron chi connectivity index (χ1n) is 7.92. The van der Waals surface area contributed by atoms with Crippen molar-refractivity contribution in [2.75, 3.05) is 0 Å². The number of hydrogen-bond acceptors (Lipinski definition) is 4. The quantitative estimate of drug-likeness (QED) is 0.583. The maximum absolute atomic E-state index is 12.6. The van der Waals surface area contributed by atoms with Crippen molar-refractivity contribution in [2.45, 2.75) is 12.5 Å². The summed E-state index contributed by atoms with van der Waals surface area (Å²) in [5.41, 5.74) is 1.69. The van der Waals surface area contributed by atoms with Gasteiger partial charge in [-0.15, -0.1) is 11.3 Å². The molecule has 0 saturated heterocycles. The molecule has 5 nitrogen and oxygen atoms in total. The minimum Gasteiger partial charge on any atom is -0.481 e. The number of aliphatic carboxylic acids is 1. The monoisotopic (exact) mass is 420 g/mol. The molecule has 1 amide bonds. The highest BCUT2D eigenvalue weighted by atomic mass is 35.5. The SMILES string of the molecule is O=C(O)CC(NC(=O)c1csc(-c2ccc(Cl)cc2)n1)c1cccc(Cl)c1. The third-order valence-electron chi connectivity index (χ3n) is 3.76. The molecule has 0 fully saturated rings. The van der Waals surface area contributed by atoms with E-state index in [1.807, 2.05) is 12.1 Å². The van der Waals surface area contributed by atoms with E-state index in [1.54, 1.807) is 41.8 Å². The van der Waals surface area contributed by atoms with Gasteiger partial charge in [0.05, 0.1) is 12.5 Å². The van der Waals surface area contributed by atoms with Gasteiger partial charge in [0.2, 0.25) is 0 Å². The standard InChI is InChI=1S/C19H14Cl2N2O3S/c20-13-6-4-11(5-7-13)19-23-16(10-27-19)18(26)22-15(9-17(24)25)12-2-1-3-14(21)8-12/h1-8,10,15H,9H2,(H,22,26)(H,24,25). The fourth-order valence-corrected chi connectivity index (χ4v) is 3.62. The van der Waals surface area contributed by atoms with Gasteiger partial charge in [0.25, 0.3) is 5.91 Å². The third-order valence-corrected chi connectivity index (χ3v) is 5.14.